The van der Waals surface area contributed by atoms with E-state index in [1.54, 1.807) is 6.08 Å². The second kappa shape index (κ2) is 2.60. The minimum absolute atomic E-state index is 0.385. The second-order valence-electron chi connectivity index (χ2n) is 3.01. The van der Waals surface area contributed by atoms with Crippen LogP contribution in [0.15, 0.2) is 23.9 Å². The molecule has 0 aromatic heterocycles. The van der Waals surface area contributed by atoms with Crippen molar-refractivity contribution >= 4 is 0 Å². The third kappa shape index (κ3) is 1.18. The number of rotatable bonds is 1. The van der Waals surface area contributed by atoms with Gasteiger partial charge in [-0.2, -0.15) is 0 Å². The standard InChI is InChI=1S/C7H11N3O2/c1-7(10(11)12)4-5(8)2-3-6(7)9/h2-4,6H,8-9H2,1H3. The summed E-state index contributed by atoms with van der Waals surface area (Å²) in [6.07, 6.45) is 4.49. The second-order valence-corrected chi connectivity index (χ2v) is 3.01. The summed E-state index contributed by atoms with van der Waals surface area (Å²) in [5.41, 5.74) is 10.1. The normalized spacial score (nSPS) is 34.5. The molecular weight excluding hydrogens is 158 g/mol. The largest absolute Gasteiger partial charge is 0.399 e. The van der Waals surface area contributed by atoms with E-state index in [4.69, 9.17) is 11.5 Å². The third-order valence-electron chi connectivity index (χ3n) is 2.02. The van der Waals surface area contributed by atoms with Crippen LogP contribution >= 0.6 is 0 Å². The quantitative estimate of drug-likeness (QED) is 0.418. The molecule has 0 bridgehead atoms. The Hall–Kier alpha value is -1.36. The van der Waals surface area contributed by atoms with Gasteiger partial charge in [0.25, 0.3) is 5.54 Å². The van der Waals surface area contributed by atoms with Gasteiger partial charge in [-0.15, -0.1) is 0 Å². The fraction of sp³-hybridized carbons (Fsp3) is 0.429. The summed E-state index contributed by atoms with van der Waals surface area (Å²) in [5, 5.41) is 10.6. The van der Waals surface area contributed by atoms with Crippen LogP contribution in [0.3, 0.4) is 0 Å². The maximum absolute atomic E-state index is 10.6. The molecule has 0 saturated carbocycles. The monoisotopic (exact) mass is 169 g/mol. The van der Waals surface area contributed by atoms with E-state index in [9.17, 15) is 10.1 Å². The molecule has 0 saturated heterocycles. The molecule has 0 amide bonds. The molecule has 1 rings (SSSR count). The first-order chi connectivity index (χ1) is 5.47. The van der Waals surface area contributed by atoms with Gasteiger partial charge in [-0.05, 0) is 6.08 Å². The van der Waals surface area contributed by atoms with Crippen molar-refractivity contribution in [1.29, 1.82) is 0 Å². The number of hydrogen-bond acceptors (Lipinski definition) is 4. The van der Waals surface area contributed by atoms with Crippen LogP contribution in [0.2, 0.25) is 0 Å². The molecule has 66 valence electrons. The van der Waals surface area contributed by atoms with Gasteiger partial charge < -0.3 is 11.5 Å². The molecule has 5 nitrogen and oxygen atoms in total. The van der Waals surface area contributed by atoms with Crippen molar-refractivity contribution in [3.63, 3.8) is 0 Å². The lowest BCUT2D eigenvalue weighted by Crippen LogP contribution is -2.50. The molecule has 0 aromatic rings. The van der Waals surface area contributed by atoms with Gasteiger partial charge in [0.2, 0.25) is 0 Å². The van der Waals surface area contributed by atoms with E-state index in [0.29, 0.717) is 5.70 Å². The summed E-state index contributed by atoms with van der Waals surface area (Å²) in [4.78, 5) is 10.2. The molecule has 0 fully saturated rings. The van der Waals surface area contributed by atoms with Gasteiger partial charge in [-0.3, -0.25) is 10.1 Å². The maximum atomic E-state index is 10.6. The number of nitrogens with zero attached hydrogens (tertiary/aromatic N) is 1. The van der Waals surface area contributed by atoms with Crippen molar-refractivity contribution in [3.8, 4) is 0 Å². The minimum Gasteiger partial charge on any atom is -0.399 e. The first-order valence-corrected chi connectivity index (χ1v) is 3.53. The zero-order valence-corrected chi connectivity index (χ0v) is 6.73. The lowest BCUT2D eigenvalue weighted by molar-refractivity contribution is -0.552. The van der Waals surface area contributed by atoms with Gasteiger partial charge in [0.1, 0.15) is 0 Å². The van der Waals surface area contributed by atoms with E-state index in [0.717, 1.165) is 0 Å². The summed E-state index contributed by atoms with van der Waals surface area (Å²) in [6.45, 7) is 1.45. The van der Waals surface area contributed by atoms with E-state index in [2.05, 4.69) is 0 Å². The van der Waals surface area contributed by atoms with Crippen molar-refractivity contribution < 1.29 is 4.92 Å². The van der Waals surface area contributed by atoms with Crippen molar-refractivity contribution in [2.24, 2.45) is 11.5 Å². The van der Waals surface area contributed by atoms with E-state index in [-0.39, 0.29) is 0 Å². The predicted octanol–water partition coefficient (Wildman–Crippen LogP) is -0.239. The van der Waals surface area contributed by atoms with Crippen LogP contribution in [0.5, 0.6) is 0 Å². The number of nitrogens with two attached hydrogens (primary N) is 2. The maximum Gasteiger partial charge on any atom is 0.258 e. The lowest BCUT2D eigenvalue weighted by atomic mass is 9.88. The molecule has 4 N–H and O–H groups in total. The Morgan fingerprint density at radius 1 is 1.75 bits per heavy atom. The van der Waals surface area contributed by atoms with Crippen LogP contribution in [-0.2, 0) is 0 Å². The predicted molar refractivity (Wildman–Crippen MR) is 44.8 cm³/mol. The molecule has 2 unspecified atom stereocenters. The summed E-state index contributed by atoms with van der Waals surface area (Å²) in [5.74, 6) is 0. The first-order valence-electron chi connectivity index (χ1n) is 3.53. The van der Waals surface area contributed by atoms with Crippen LogP contribution < -0.4 is 11.5 Å². The number of hydrogen-bond donors (Lipinski definition) is 2. The van der Waals surface area contributed by atoms with Crippen molar-refractivity contribution in [3.05, 3.63) is 34.0 Å². The molecular formula is C7H11N3O2. The van der Waals surface area contributed by atoms with Gasteiger partial charge >= 0.3 is 0 Å². The molecule has 1 aliphatic rings. The fourth-order valence-corrected chi connectivity index (χ4v) is 1.07. The van der Waals surface area contributed by atoms with Crippen LogP contribution in [0.1, 0.15) is 6.92 Å². The highest BCUT2D eigenvalue weighted by Crippen LogP contribution is 2.21. The highest BCUT2D eigenvalue weighted by molar-refractivity contribution is 5.29. The number of allylic oxidation sites excluding steroid dienone is 1. The Bertz CT molecular complexity index is 272. The highest BCUT2D eigenvalue weighted by Gasteiger charge is 2.42. The topological polar surface area (TPSA) is 95.2 Å². The average molecular weight is 169 g/mol. The first kappa shape index (κ1) is 8.73. The Labute approximate surface area is 69.9 Å². The molecule has 0 radical (unpaired) electrons. The van der Waals surface area contributed by atoms with Gasteiger partial charge in [-0.25, -0.2) is 0 Å². The van der Waals surface area contributed by atoms with E-state index < -0.39 is 16.5 Å². The van der Waals surface area contributed by atoms with E-state index >= 15 is 0 Å². The van der Waals surface area contributed by atoms with Gasteiger partial charge in [0.05, 0.1) is 6.04 Å². The summed E-state index contributed by atoms with van der Waals surface area (Å²) in [7, 11) is 0. The van der Waals surface area contributed by atoms with Gasteiger partial charge in [0, 0.05) is 23.6 Å². The highest BCUT2D eigenvalue weighted by atomic mass is 16.6. The lowest BCUT2D eigenvalue weighted by Gasteiger charge is -2.24. The molecule has 0 spiro atoms. The Kier molecular flexibility index (Phi) is 1.89. The van der Waals surface area contributed by atoms with Gasteiger partial charge in [0.15, 0.2) is 0 Å². The summed E-state index contributed by atoms with van der Waals surface area (Å²) >= 11 is 0. The van der Waals surface area contributed by atoms with Crippen LogP contribution in [0.25, 0.3) is 0 Å². The van der Waals surface area contributed by atoms with E-state index in [1.165, 1.54) is 19.1 Å². The fourth-order valence-electron chi connectivity index (χ4n) is 1.07. The molecule has 5 heteroatoms. The molecule has 2 atom stereocenters. The zero-order valence-electron chi connectivity index (χ0n) is 6.73. The Morgan fingerprint density at radius 3 is 2.75 bits per heavy atom. The molecule has 0 aliphatic heterocycles. The average Bonchev–Trinajstić information content (AvgIpc) is 1.97. The zero-order chi connectivity index (χ0) is 9.35. The van der Waals surface area contributed by atoms with Crippen LogP contribution in [0.4, 0.5) is 0 Å². The van der Waals surface area contributed by atoms with E-state index in [1.807, 2.05) is 0 Å². The SMILES string of the molecule is CC1([N+](=O)[O-])C=C(N)C=CC1N. The van der Waals surface area contributed by atoms with Crippen molar-refractivity contribution in [2.75, 3.05) is 0 Å². The number of nitro groups is 1. The Balaban J connectivity index is 3.05. The summed E-state index contributed by atoms with van der Waals surface area (Å²) < 4.78 is 0. The van der Waals surface area contributed by atoms with Gasteiger partial charge in [-0.1, -0.05) is 6.08 Å². The molecule has 0 aromatic carbocycles. The summed E-state index contributed by atoms with van der Waals surface area (Å²) in [6, 6.07) is -0.611. The Morgan fingerprint density at radius 2 is 2.33 bits per heavy atom. The molecule has 1 aliphatic carbocycles. The van der Waals surface area contributed by atoms with Crippen LogP contribution in [-0.4, -0.2) is 16.5 Å². The molecule has 12 heavy (non-hydrogen) atoms. The molecule has 0 heterocycles. The van der Waals surface area contributed by atoms with Crippen molar-refractivity contribution in [2.45, 2.75) is 18.5 Å². The van der Waals surface area contributed by atoms with Crippen LogP contribution in [0, 0.1) is 10.1 Å². The van der Waals surface area contributed by atoms with Crippen molar-refractivity contribution in [1.82, 2.24) is 0 Å². The third-order valence-corrected chi connectivity index (χ3v) is 2.02. The smallest absolute Gasteiger partial charge is 0.258 e. The minimum atomic E-state index is -1.27.